The van der Waals surface area contributed by atoms with E-state index in [1.54, 1.807) is 0 Å². The van der Waals surface area contributed by atoms with Crippen LogP contribution in [0.5, 0.6) is 5.75 Å². The molecule has 7 heteroatoms. The Morgan fingerprint density at radius 3 is 2.50 bits per heavy atom. The summed E-state index contributed by atoms with van der Waals surface area (Å²) in [4.78, 5) is 12.1. The average Bonchev–Trinajstić information content (AvgIpc) is 2.91. The highest BCUT2D eigenvalue weighted by atomic mass is 19.4. The van der Waals surface area contributed by atoms with Crippen LogP contribution < -0.4 is 15.4 Å². The van der Waals surface area contributed by atoms with Crippen LogP contribution in [0.4, 0.5) is 23.7 Å². The first-order valence-corrected chi connectivity index (χ1v) is 7.42. The fourth-order valence-electron chi connectivity index (χ4n) is 2.77. The molecule has 1 aliphatic carbocycles. The molecule has 0 fully saturated rings. The molecule has 1 aliphatic rings. The van der Waals surface area contributed by atoms with Gasteiger partial charge >= 0.3 is 12.4 Å². The number of urea groups is 1. The van der Waals surface area contributed by atoms with Crippen molar-refractivity contribution in [3.63, 3.8) is 0 Å². The summed E-state index contributed by atoms with van der Waals surface area (Å²) < 4.78 is 40.1. The predicted molar refractivity (Wildman–Crippen MR) is 82.8 cm³/mol. The number of fused-ring (bicyclic) bond motifs is 1. The molecule has 126 valence electrons. The van der Waals surface area contributed by atoms with Crippen molar-refractivity contribution >= 4 is 11.7 Å². The second-order valence-corrected chi connectivity index (χ2v) is 5.46. The standard InChI is InChI=1S/C17H15F3N2O2/c18-17(19,20)24-13-8-6-12(7-9-13)21-16(23)22-15-10-5-11-3-1-2-4-14(11)15/h1-4,6-9,15H,5,10H2,(H2,21,22,23). The molecule has 4 nitrogen and oxygen atoms in total. The van der Waals surface area contributed by atoms with Gasteiger partial charge in [-0.25, -0.2) is 4.79 Å². The maximum atomic E-state index is 12.1. The van der Waals surface area contributed by atoms with Crippen LogP contribution >= 0.6 is 0 Å². The van der Waals surface area contributed by atoms with Crippen LogP contribution in [0.25, 0.3) is 0 Å². The monoisotopic (exact) mass is 336 g/mol. The molecule has 0 bridgehead atoms. The lowest BCUT2D eigenvalue weighted by Gasteiger charge is -2.15. The van der Waals surface area contributed by atoms with Crippen LogP contribution in [0, 0.1) is 0 Å². The largest absolute Gasteiger partial charge is 0.573 e. The van der Waals surface area contributed by atoms with E-state index >= 15 is 0 Å². The summed E-state index contributed by atoms with van der Waals surface area (Å²) in [5, 5.41) is 5.48. The van der Waals surface area contributed by atoms with Crippen molar-refractivity contribution in [3.05, 3.63) is 59.7 Å². The zero-order chi connectivity index (χ0) is 17.2. The van der Waals surface area contributed by atoms with Crippen LogP contribution in [0.15, 0.2) is 48.5 Å². The van der Waals surface area contributed by atoms with Crippen LogP contribution in [0.2, 0.25) is 0 Å². The SMILES string of the molecule is O=C(Nc1ccc(OC(F)(F)F)cc1)NC1CCc2ccccc21. The van der Waals surface area contributed by atoms with E-state index < -0.39 is 12.4 Å². The summed E-state index contributed by atoms with van der Waals surface area (Å²) in [7, 11) is 0. The van der Waals surface area contributed by atoms with Crippen molar-refractivity contribution < 1.29 is 22.7 Å². The number of halogens is 3. The lowest BCUT2D eigenvalue weighted by Crippen LogP contribution is -2.31. The first-order chi connectivity index (χ1) is 11.4. The Balaban J connectivity index is 1.58. The highest BCUT2D eigenvalue weighted by Crippen LogP contribution is 2.30. The second-order valence-electron chi connectivity index (χ2n) is 5.46. The van der Waals surface area contributed by atoms with Gasteiger partial charge in [0.1, 0.15) is 5.75 Å². The van der Waals surface area contributed by atoms with Crippen LogP contribution in [-0.2, 0) is 6.42 Å². The molecule has 0 radical (unpaired) electrons. The Morgan fingerprint density at radius 1 is 1.08 bits per heavy atom. The van der Waals surface area contributed by atoms with Gasteiger partial charge in [-0.3, -0.25) is 0 Å². The maximum Gasteiger partial charge on any atom is 0.573 e. The molecule has 24 heavy (non-hydrogen) atoms. The van der Waals surface area contributed by atoms with Gasteiger partial charge < -0.3 is 15.4 Å². The minimum Gasteiger partial charge on any atom is -0.406 e. The maximum absolute atomic E-state index is 12.1. The van der Waals surface area contributed by atoms with E-state index in [2.05, 4.69) is 15.4 Å². The first kappa shape index (κ1) is 16.2. The van der Waals surface area contributed by atoms with E-state index in [9.17, 15) is 18.0 Å². The quantitative estimate of drug-likeness (QED) is 0.873. The number of hydrogen-bond acceptors (Lipinski definition) is 2. The molecular weight excluding hydrogens is 321 g/mol. The molecule has 0 saturated carbocycles. The number of ether oxygens (including phenoxy) is 1. The summed E-state index contributed by atoms with van der Waals surface area (Å²) in [6.07, 6.45) is -3.00. The summed E-state index contributed by atoms with van der Waals surface area (Å²) in [5.41, 5.74) is 2.70. The number of carbonyl (C=O) groups excluding carboxylic acids is 1. The number of hydrogen-bond donors (Lipinski definition) is 2. The smallest absolute Gasteiger partial charge is 0.406 e. The molecule has 2 amide bonds. The van der Waals surface area contributed by atoms with E-state index in [1.165, 1.54) is 17.7 Å². The van der Waals surface area contributed by atoms with Gasteiger partial charge in [-0.05, 0) is 48.2 Å². The average molecular weight is 336 g/mol. The number of nitrogens with one attached hydrogen (secondary N) is 2. The molecule has 0 spiro atoms. The highest BCUT2D eigenvalue weighted by molar-refractivity contribution is 5.89. The first-order valence-electron chi connectivity index (χ1n) is 7.42. The zero-order valence-electron chi connectivity index (χ0n) is 12.6. The molecular formula is C17H15F3N2O2. The molecule has 0 saturated heterocycles. The van der Waals surface area contributed by atoms with Crippen molar-refractivity contribution in [2.75, 3.05) is 5.32 Å². The van der Waals surface area contributed by atoms with Gasteiger partial charge in [-0.2, -0.15) is 0 Å². The topological polar surface area (TPSA) is 50.4 Å². The minimum atomic E-state index is -4.73. The van der Waals surface area contributed by atoms with Crippen molar-refractivity contribution in [3.8, 4) is 5.75 Å². The number of amides is 2. The van der Waals surface area contributed by atoms with Gasteiger partial charge in [0.2, 0.25) is 0 Å². The molecule has 2 aromatic rings. The molecule has 3 rings (SSSR count). The molecule has 2 N–H and O–H groups in total. The number of rotatable bonds is 3. The highest BCUT2D eigenvalue weighted by Gasteiger charge is 2.31. The summed E-state index contributed by atoms with van der Waals surface area (Å²) >= 11 is 0. The zero-order valence-corrected chi connectivity index (χ0v) is 12.6. The summed E-state index contributed by atoms with van der Waals surface area (Å²) in [6.45, 7) is 0. The van der Waals surface area contributed by atoms with E-state index in [-0.39, 0.29) is 11.8 Å². The van der Waals surface area contributed by atoms with Gasteiger partial charge in [-0.1, -0.05) is 24.3 Å². The normalized spacial score (nSPS) is 16.4. The number of anilines is 1. The van der Waals surface area contributed by atoms with Gasteiger partial charge in [0.25, 0.3) is 0 Å². The lowest BCUT2D eigenvalue weighted by atomic mass is 10.1. The Kier molecular flexibility index (Phi) is 4.33. The van der Waals surface area contributed by atoms with E-state index in [4.69, 9.17) is 0 Å². The number of carbonyl (C=O) groups is 1. The fourth-order valence-corrected chi connectivity index (χ4v) is 2.77. The summed E-state index contributed by atoms with van der Waals surface area (Å²) in [5.74, 6) is -0.335. The number of alkyl halides is 3. The van der Waals surface area contributed by atoms with Gasteiger partial charge in [-0.15, -0.1) is 13.2 Å². The van der Waals surface area contributed by atoms with Crippen molar-refractivity contribution in [1.82, 2.24) is 5.32 Å². The Morgan fingerprint density at radius 2 is 1.79 bits per heavy atom. The van der Waals surface area contributed by atoms with Crippen LogP contribution in [0.1, 0.15) is 23.6 Å². The van der Waals surface area contributed by atoms with Crippen molar-refractivity contribution in [2.45, 2.75) is 25.2 Å². The Labute approximate surface area is 136 Å². The molecule has 0 aliphatic heterocycles. The van der Waals surface area contributed by atoms with Gasteiger partial charge in [0, 0.05) is 5.69 Å². The number of benzene rings is 2. The third-order valence-electron chi connectivity index (χ3n) is 3.78. The molecule has 1 atom stereocenters. The van der Waals surface area contributed by atoms with E-state index in [0.29, 0.717) is 5.69 Å². The minimum absolute atomic E-state index is 0.0611. The lowest BCUT2D eigenvalue weighted by molar-refractivity contribution is -0.274. The van der Waals surface area contributed by atoms with E-state index in [1.807, 2.05) is 24.3 Å². The van der Waals surface area contributed by atoms with Crippen molar-refractivity contribution in [2.24, 2.45) is 0 Å². The number of aryl methyl sites for hydroxylation is 1. The third-order valence-corrected chi connectivity index (χ3v) is 3.78. The fraction of sp³-hybridized carbons (Fsp3) is 0.235. The van der Waals surface area contributed by atoms with Crippen molar-refractivity contribution in [1.29, 1.82) is 0 Å². The van der Waals surface area contributed by atoms with E-state index in [0.717, 1.165) is 30.5 Å². The third kappa shape index (κ3) is 3.98. The Hall–Kier alpha value is -2.70. The Bertz CT molecular complexity index is 729. The molecule has 0 aromatic heterocycles. The predicted octanol–water partition coefficient (Wildman–Crippen LogP) is 4.39. The van der Waals surface area contributed by atoms with Gasteiger partial charge in [0.15, 0.2) is 0 Å². The summed E-state index contributed by atoms with van der Waals surface area (Å²) in [6, 6.07) is 12.4. The van der Waals surface area contributed by atoms with Crippen LogP contribution in [0.3, 0.4) is 0 Å². The van der Waals surface area contributed by atoms with Crippen LogP contribution in [-0.4, -0.2) is 12.4 Å². The molecule has 2 aromatic carbocycles. The molecule has 0 heterocycles. The van der Waals surface area contributed by atoms with Gasteiger partial charge in [0.05, 0.1) is 6.04 Å². The molecule has 1 unspecified atom stereocenters. The second kappa shape index (κ2) is 6.43.